The molecule has 0 aromatic carbocycles. The first-order valence-corrected chi connectivity index (χ1v) is 5.40. The average Bonchev–Trinajstić information content (AvgIpc) is 2.62. The fourth-order valence-corrected chi connectivity index (χ4v) is 1.68. The van der Waals surface area contributed by atoms with Gasteiger partial charge in [0.15, 0.2) is 5.82 Å². The number of nitrogens with two attached hydrogens (primary N) is 1. The summed E-state index contributed by atoms with van der Waals surface area (Å²) in [5.74, 6) is 1.41. The number of nitrogens with zero attached hydrogens (tertiary/aromatic N) is 2. The van der Waals surface area contributed by atoms with Crippen LogP contribution in [0.2, 0.25) is 0 Å². The number of aromatic nitrogens is 2. The molecular formula is C10H17N3S. The minimum atomic E-state index is 0.376. The average molecular weight is 211 g/mol. The second-order valence-electron chi connectivity index (χ2n) is 3.45. The molecule has 14 heavy (non-hydrogen) atoms. The molecule has 78 valence electrons. The van der Waals surface area contributed by atoms with Crippen molar-refractivity contribution in [1.82, 2.24) is 9.55 Å². The molecule has 1 aromatic rings. The molecule has 0 fully saturated rings. The predicted octanol–water partition coefficient (Wildman–Crippen LogP) is 1.95. The monoisotopic (exact) mass is 211 g/mol. The van der Waals surface area contributed by atoms with Crippen LogP contribution in [0, 0.1) is 5.92 Å². The maximum absolute atomic E-state index is 5.57. The van der Waals surface area contributed by atoms with Gasteiger partial charge in [-0.05, 0) is 5.92 Å². The summed E-state index contributed by atoms with van der Waals surface area (Å²) < 4.78 is 2.04. The van der Waals surface area contributed by atoms with Crippen LogP contribution in [0.4, 0.5) is 0 Å². The highest BCUT2D eigenvalue weighted by molar-refractivity contribution is 7.80. The topological polar surface area (TPSA) is 43.8 Å². The Morgan fingerprint density at radius 2 is 2.21 bits per heavy atom. The van der Waals surface area contributed by atoms with Gasteiger partial charge in [0.2, 0.25) is 0 Å². The molecule has 0 aliphatic rings. The van der Waals surface area contributed by atoms with Crippen molar-refractivity contribution in [3.05, 3.63) is 18.2 Å². The smallest absolute Gasteiger partial charge is 0.167 e. The fraction of sp³-hybridized carbons (Fsp3) is 0.600. The second-order valence-corrected chi connectivity index (χ2v) is 3.89. The molecule has 1 rings (SSSR count). The van der Waals surface area contributed by atoms with Gasteiger partial charge < -0.3 is 10.3 Å². The van der Waals surface area contributed by atoms with E-state index in [1.807, 2.05) is 10.8 Å². The Morgan fingerprint density at radius 1 is 1.57 bits per heavy atom. The van der Waals surface area contributed by atoms with Crippen molar-refractivity contribution in [2.45, 2.75) is 33.2 Å². The molecule has 2 N–H and O–H groups in total. The zero-order valence-electron chi connectivity index (χ0n) is 8.73. The van der Waals surface area contributed by atoms with Gasteiger partial charge in [-0.25, -0.2) is 4.98 Å². The van der Waals surface area contributed by atoms with Crippen molar-refractivity contribution >= 4 is 17.2 Å². The van der Waals surface area contributed by atoms with E-state index >= 15 is 0 Å². The van der Waals surface area contributed by atoms with E-state index in [1.54, 1.807) is 6.20 Å². The van der Waals surface area contributed by atoms with Crippen LogP contribution in [0.3, 0.4) is 0 Å². The Labute approximate surface area is 90.3 Å². The van der Waals surface area contributed by atoms with Crippen molar-refractivity contribution in [1.29, 1.82) is 0 Å². The molecule has 0 aliphatic carbocycles. The summed E-state index contributed by atoms with van der Waals surface area (Å²) >= 11 is 4.92. The van der Waals surface area contributed by atoms with Crippen LogP contribution in [0.25, 0.3) is 0 Å². The van der Waals surface area contributed by atoms with Crippen molar-refractivity contribution in [2.24, 2.45) is 11.7 Å². The highest BCUT2D eigenvalue weighted by Gasteiger charge is 2.09. The molecule has 0 bridgehead atoms. The first-order valence-electron chi connectivity index (χ1n) is 4.99. The minimum absolute atomic E-state index is 0.376. The quantitative estimate of drug-likeness (QED) is 0.757. The third-order valence-corrected chi connectivity index (χ3v) is 2.73. The first kappa shape index (κ1) is 11.2. The van der Waals surface area contributed by atoms with Crippen LogP contribution in [0.15, 0.2) is 12.4 Å². The summed E-state index contributed by atoms with van der Waals surface area (Å²) in [6.45, 7) is 5.36. The van der Waals surface area contributed by atoms with E-state index in [0.717, 1.165) is 12.4 Å². The van der Waals surface area contributed by atoms with E-state index in [1.165, 1.54) is 12.8 Å². The maximum atomic E-state index is 5.57. The van der Waals surface area contributed by atoms with E-state index in [2.05, 4.69) is 18.8 Å². The van der Waals surface area contributed by atoms with Gasteiger partial charge in [-0.3, -0.25) is 0 Å². The second kappa shape index (κ2) is 5.10. The lowest BCUT2D eigenvalue weighted by Gasteiger charge is -2.14. The minimum Gasteiger partial charge on any atom is -0.387 e. The van der Waals surface area contributed by atoms with Gasteiger partial charge in [0.05, 0.1) is 0 Å². The third kappa shape index (κ3) is 2.54. The lowest BCUT2D eigenvalue weighted by molar-refractivity contribution is 0.417. The van der Waals surface area contributed by atoms with Crippen molar-refractivity contribution < 1.29 is 0 Å². The zero-order valence-corrected chi connectivity index (χ0v) is 9.55. The summed E-state index contributed by atoms with van der Waals surface area (Å²) in [7, 11) is 0. The third-order valence-electron chi connectivity index (χ3n) is 2.55. The summed E-state index contributed by atoms with van der Waals surface area (Å²) in [6.07, 6.45) is 6.03. The number of thiocarbonyl (C=S) groups is 1. The zero-order chi connectivity index (χ0) is 10.6. The summed E-state index contributed by atoms with van der Waals surface area (Å²) in [4.78, 5) is 4.51. The number of hydrogen-bond acceptors (Lipinski definition) is 2. The maximum Gasteiger partial charge on any atom is 0.167 e. The summed E-state index contributed by atoms with van der Waals surface area (Å²) in [5, 5.41) is 0. The van der Waals surface area contributed by atoms with E-state index < -0.39 is 0 Å². The first-order chi connectivity index (χ1) is 6.69. The molecule has 0 atom stereocenters. The normalized spacial score (nSPS) is 10.8. The van der Waals surface area contributed by atoms with Crippen LogP contribution in [0.5, 0.6) is 0 Å². The summed E-state index contributed by atoms with van der Waals surface area (Å²) in [5.41, 5.74) is 5.57. The lowest BCUT2D eigenvalue weighted by Crippen LogP contribution is -2.19. The highest BCUT2D eigenvalue weighted by Crippen LogP contribution is 2.12. The molecule has 1 aromatic heterocycles. The molecule has 3 nitrogen and oxygen atoms in total. The molecule has 0 radical (unpaired) electrons. The predicted molar refractivity (Wildman–Crippen MR) is 62.2 cm³/mol. The van der Waals surface area contributed by atoms with Crippen LogP contribution < -0.4 is 5.73 Å². The van der Waals surface area contributed by atoms with Gasteiger partial charge in [0.25, 0.3) is 0 Å². The van der Waals surface area contributed by atoms with E-state index in [0.29, 0.717) is 10.9 Å². The lowest BCUT2D eigenvalue weighted by atomic mass is 10.0. The van der Waals surface area contributed by atoms with E-state index in [-0.39, 0.29) is 0 Å². The van der Waals surface area contributed by atoms with Crippen LogP contribution in [-0.2, 0) is 6.54 Å². The molecule has 0 amide bonds. The molecule has 0 saturated carbocycles. The molecular weight excluding hydrogens is 194 g/mol. The SMILES string of the molecule is CCC(CC)Cn1ccnc1C(N)=S. The number of imidazole rings is 1. The largest absolute Gasteiger partial charge is 0.387 e. The van der Waals surface area contributed by atoms with Crippen molar-refractivity contribution in [3.8, 4) is 0 Å². The van der Waals surface area contributed by atoms with Gasteiger partial charge >= 0.3 is 0 Å². The fourth-order valence-electron chi connectivity index (χ4n) is 1.51. The number of hydrogen-bond donors (Lipinski definition) is 1. The number of rotatable bonds is 5. The van der Waals surface area contributed by atoms with Gasteiger partial charge in [-0.15, -0.1) is 0 Å². The van der Waals surface area contributed by atoms with Crippen LogP contribution >= 0.6 is 12.2 Å². The standard InChI is InChI=1S/C10H17N3S/c1-3-8(4-2)7-13-6-5-12-10(13)9(11)14/h5-6,8H,3-4,7H2,1-2H3,(H2,11,14). The Morgan fingerprint density at radius 3 is 2.71 bits per heavy atom. The Hall–Kier alpha value is -0.900. The van der Waals surface area contributed by atoms with Crippen molar-refractivity contribution in [2.75, 3.05) is 0 Å². The molecule has 0 aliphatic heterocycles. The Bertz CT molecular complexity index is 302. The van der Waals surface area contributed by atoms with Crippen molar-refractivity contribution in [3.63, 3.8) is 0 Å². The molecule has 0 saturated heterocycles. The molecule has 1 heterocycles. The molecule has 0 unspecified atom stereocenters. The van der Waals surface area contributed by atoms with Gasteiger partial charge in [-0.2, -0.15) is 0 Å². The Balaban J connectivity index is 2.75. The van der Waals surface area contributed by atoms with E-state index in [4.69, 9.17) is 18.0 Å². The highest BCUT2D eigenvalue weighted by atomic mass is 32.1. The molecule has 0 spiro atoms. The van der Waals surface area contributed by atoms with Crippen LogP contribution in [0.1, 0.15) is 32.5 Å². The molecule has 4 heteroatoms. The summed E-state index contributed by atoms with van der Waals surface area (Å²) in [6, 6.07) is 0. The van der Waals surface area contributed by atoms with E-state index in [9.17, 15) is 0 Å². The van der Waals surface area contributed by atoms with Crippen LogP contribution in [-0.4, -0.2) is 14.5 Å². The van der Waals surface area contributed by atoms with Gasteiger partial charge in [-0.1, -0.05) is 38.9 Å². The van der Waals surface area contributed by atoms with Gasteiger partial charge in [0, 0.05) is 18.9 Å². The van der Waals surface area contributed by atoms with Gasteiger partial charge in [0.1, 0.15) is 4.99 Å². The Kier molecular flexibility index (Phi) is 4.07.